The molecule has 0 aromatic heterocycles. The normalized spacial score (nSPS) is 21.3. The van der Waals surface area contributed by atoms with Crippen LogP contribution in [0.4, 0.5) is 0 Å². The zero-order chi connectivity index (χ0) is 16.7. The summed E-state index contributed by atoms with van der Waals surface area (Å²) in [6.45, 7) is 9.34. The molecule has 2 N–H and O–H groups in total. The highest BCUT2D eigenvalue weighted by atomic mass is 16.5. The minimum Gasteiger partial charge on any atom is -0.496 e. The van der Waals surface area contributed by atoms with E-state index in [1.54, 1.807) is 7.11 Å². The Morgan fingerprint density at radius 3 is 2.87 bits per heavy atom. The maximum atomic E-state index is 5.81. The number of ether oxygens (including phenoxy) is 2. The van der Waals surface area contributed by atoms with Gasteiger partial charge in [0.15, 0.2) is 5.96 Å². The second kappa shape index (κ2) is 8.20. The number of hydrogen-bond acceptors (Lipinski definition) is 3. The number of guanidine groups is 1. The third-order valence-corrected chi connectivity index (χ3v) is 4.17. The molecule has 5 nitrogen and oxygen atoms in total. The number of nitrogens with one attached hydrogen (secondary N) is 2. The molecule has 1 heterocycles. The highest BCUT2D eigenvalue weighted by molar-refractivity contribution is 5.79. The molecule has 0 radical (unpaired) electrons. The van der Waals surface area contributed by atoms with Gasteiger partial charge < -0.3 is 20.1 Å². The number of rotatable bonds is 6. The molecule has 0 bridgehead atoms. The van der Waals surface area contributed by atoms with Gasteiger partial charge in [0.2, 0.25) is 0 Å². The summed E-state index contributed by atoms with van der Waals surface area (Å²) in [5.74, 6) is 1.73. The molecule has 1 aliphatic rings. The summed E-state index contributed by atoms with van der Waals surface area (Å²) >= 11 is 0. The van der Waals surface area contributed by atoms with E-state index in [0.717, 1.165) is 55.4 Å². The Labute approximate surface area is 139 Å². The molecule has 1 fully saturated rings. The molecule has 0 saturated carbocycles. The van der Waals surface area contributed by atoms with Crippen molar-refractivity contribution in [3.8, 4) is 5.75 Å². The first-order chi connectivity index (χ1) is 11.1. The fraction of sp³-hybridized carbons (Fsp3) is 0.611. The molecule has 1 atom stereocenters. The minimum atomic E-state index is -0.0801. The maximum Gasteiger partial charge on any atom is 0.191 e. The topological polar surface area (TPSA) is 54.9 Å². The Morgan fingerprint density at radius 2 is 2.22 bits per heavy atom. The lowest BCUT2D eigenvalue weighted by Gasteiger charge is -2.24. The van der Waals surface area contributed by atoms with Crippen molar-refractivity contribution in [1.29, 1.82) is 0 Å². The van der Waals surface area contributed by atoms with Crippen molar-refractivity contribution in [3.63, 3.8) is 0 Å². The van der Waals surface area contributed by atoms with Crippen molar-refractivity contribution in [1.82, 2.24) is 10.6 Å². The van der Waals surface area contributed by atoms with Gasteiger partial charge in [-0.1, -0.05) is 12.1 Å². The van der Waals surface area contributed by atoms with E-state index in [9.17, 15) is 0 Å². The maximum absolute atomic E-state index is 5.81. The summed E-state index contributed by atoms with van der Waals surface area (Å²) in [5, 5.41) is 6.68. The molecule has 2 rings (SSSR count). The van der Waals surface area contributed by atoms with E-state index in [1.807, 2.05) is 13.0 Å². The van der Waals surface area contributed by atoms with Gasteiger partial charge in [-0.25, -0.2) is 4.99 Å². The molecule has 0 spiro atoms. The average Bonchev–Trinajstić information content (AvgIpc) is 2.98. The van der Waals surface area contributed by atoms with Crippen LogP contribution >= 0.6 is 0 Å². The minimum absolute atomic E-state index is 0.0801. The molecule has 1 saturated heterocycles. The number of aryl methyl sites for hydroxylation is 1. The number of methoxy groups -OCH3 is 1. The lowest BCUT2D eigenvalue weighted by atomic mass is 10.0. The first-order valence-corrected chi connectivity index (χ1v) is 8.36. The quantitative estimate of drug-likeness (QED) is 0.625. The van der Waals surface area contributed by atoms with Crippen LogP contribution in [0.5, 0.6) is 5.75 Å². The molecule has 128 valence electrons. The van der Waals surface area contributed by atoms with Gasteiger partial charge in [0, 0.05) is 19.7 Å². The predicted molar refractivity (Wildman–Crippen MR) is 94.1 cm³/mol. The number of hydrogen-bond donors (Lipinski definition) is 2. The van der Waals surface area contributed by atoms with Crippen LogP contribution < -0.4 is 15.4 Å². The first-order valence-electron chi connectivity index (χ1n) is 8.36. The SMILES string of the molecule is CCNC(=NCc1ccc(C)c(OC)c1)NCC1(C)CCCO1. The first kappa shape index (κ1) is 17.6. The largest absolute Gasteiger partial charge is 0.496 e. The Bertz CT molecular complexity index is 537. The second-order valence-corrected chi connectivity index (χ2v) is 6.25. The zero-order valence-electron chi connectivity index (χ0n) is 14.7. The molecule has 0 amide bonds. The number of aliphatic imine (C=N–C) groups is 1. The van der Waals surface area contributed by atoms with E-state index < -0.39 is 0 Å². The van der Waals surface area contributed by atoms with Crippen LogP contribution in [0.25, 0.3) is 0 Å². The van der Waals surface area contributed by atoms with Crippen molar-refractivity contribution in [3.05, 3.63) is 29.3 Å². The third-order valence-electron chi connectivity index (χ3n) is 4.17. The Balaban J connectivity index is 1.97. The van der Waals surface area contributed by atoms with E-state index in [0.29, 0.717) is 6.54 Å². The fourth-order valence-corrected chi connectivity index (χ4v) is 2.72. The smallest absolute Gasteiger partial charge is 0.191 e. The van der Waals surface area contributed by atoms with Crippen LogP contribution in [0.2, 0.25) is 0 Å². The molecular formula is C18H29N3O2. The van der Waals surface area contributed by atoms with Crippen LogP contribution in [0.3, 0.4) is 0 Å². The van der Waals surface area contributed by atoms with Crippen molar-refractivity contribution < 1.29 is 9.47 Å². The lowest BCUT2D eigenvalue weighted by molar-refractivity contribution is 0.0243. The van der Waals surface area contributed by atoms with Gasteiger partial charge in [0.1, 0.15) is 5.75 Å². The van der Waals surface area contributed by atoms with Crippen molar-refractivity contribution >= 4 is 5.96 Å². The van der Waals surface area contributed by atoms with Gasteiger partial charge in [0.05, 0.1) is 19.3 Å². The van der Waals surface area contributed by atoms with E-state index in [2.05, 4.69) is 41.6 Å². The Morgan fingerprint density at radius 1 is 1.39 bits per heavy atom. The van der Waals surface area contributed by atoms with Crippen LogP contribution in [0, 0.1) is 6.92 Å². The average molecular weight is 319 g/mol. The molecule has 23 heavy (non-hydrogen) atoms. The van der Waals surface area contributed by atoms with Gasteiger partial charge in [-0.15, -0.1) is 0 Å². The summed E-state index contributed by atoms with van der Waals surface area (Å²) in [4.78, 5) is 4.66. The van der Waals surface area contributed by atoms with E-state index in [1.165, 1.54) is 0 Å². The fourth-order valence-electron chi connectivity index (χ4n) is 2.72. The Hall–Kier alpha value is -1.75. The predicted octanol–water partition coefficient (Wildman–Crippen LogP) is 2.63. The van der Waals surface area contributed by atoms with Gasteiger partial charge in [-0.05, 0) is 50.8 Å². The standard InChI is InChI=1S/C18H29N3O2/c1-5-19-17(21-13-18(3)9-6-10-23-18)20-12-15-8-7-14(2)16(11-15)22-4/h7-8,11H,5-6,9-10,12-13H2,1-4H3,(H2,19,20,21). The summed E-state index contributed by atoms with van der Waals surface area (Å²) in [7, 11) is 1.70. The van der Waals surface area contributed by atoms with E-state index >= 15 is 0 Å². The lowest BCUT2D eigenvalue weighted by Crippen LogP contribution is -2.45. The van der Waals surface area contributed by atoms with Crippen LogP contribution in [-0.2, 0) is 11.3 Å². The highest BCUT2D eigenvalue weighted by Crippen LogP contribution is 2.24. The molecule has 1 aliphatic heterocycles. The molecule has 0 aliphatic carbocycles. The van der Waals surface area contributed by atoms with Gasteiger partial charge in [0.25, 0.3) is 0 Å². The summed E-state index contributed by atoms with van der Waals surface area (Å²) in [6.07, 6.45) is 2.23. The van der Waals surface area contributed by atoms with Gasteiger partial charge in [-0.2, -0.15) is 0 Å². The van der Waals surface area contributed by atoms with Crippen LogP contribution in [0.1, 0.15) is 37.8 Å². The molecular weight excluding hydrogens is 290 g/mol. The molecule has 1 unspecified atom stereocenters. The number of nitrogens with zero attached hydrogens (tertiary/aromatic N) is 1. The van der Waals surface area contributed by atoms with Crippen molar-refractivity contribution in [2.24, 2.45) is 4.99 Å². The summed E-state index contributed by atoms with van der Waals surface area (Å²) < 4.78 is 11.2. The highest BCUT2D eigenvalue weighted by Gasteiger charge is 2.29. The zero-order valence-corrected chi connectivity index (χ0v) is 14.7. The second-order valence-electron chi connectivity index (χ2n) is 6.25. The Kier molecular flexibility index (Phi) is 6.28. The molecule has 1 aromatic carbocycles. The molecule has 1 aromatic rings. The van der Waals surface area contributed by atoms with Gasteiger partial charge >= 0.3 is 0 Å². The monoisotopic (exact) mass is 319 g/mol. The number of benzene rings is 1. The van der Waals surface area contributed by atoms with Crippen molar-refractivity contribution in [2.45, 2.75) is 45.8 Å². The van der Waals surface area contributed by atoms with Crippen LogP contribution in [-0.4, -0.2) is 38.4 Å². The van der Waals surface area contributed by atoms with E-state index in [4.69, 9.17) is 9.47 Å². The third kappa shape index (κ3) is 5.13. The van der Waals surface area contributed by atoms with Gasteiger partial charge in [-0.3, -0.25) is 0 Å². The van der Waals surface area contributed by atoms with Crippen molar-refractivity contribution in [2.75, 3.05) is 26.8 Å². The summed E-state index contributed by atoms with van der Waals surface area (Å²) in [5.41, 5.74) is 2.19. The van der Waals surface area contributed by atoms with E-state index in [-0.39, 0.29) is 5.60 Å². The summed E-state index contributed by atoms with van der Waals surface area (Å²) in [6, 6.07) is 6.20. The molecule has 5 heteroatoms. The van der Waals surface area contributed by atoms with Crippen LogP contribution in [0.15, 0.2) is 23.2 Å².